The van der Waals surface area contributed by atoms with E-state index in [2.05, 4.69) is 15.4 Å². The third kappa shape index (κ3) is 7.81. The molecule has 0 fully saturated rings. The van der Waals surface area contributed by atoms with E-state index in [9.17, 15) is 27.9 Å². The maximum atomic E-state index is 11.9. The number of carbonyl (C=O) groups excluding carboxylic acids is 1. The molecular weight excluding hydrogens is 521 g/mol. The summed E-state index contributed by atoms with van der Waals surface area (Å²) >= 11 is 0. The Balaban J connectivity index is 0.000000532. The zero-order valence-electron chi connectivity index (χ0n) is 19.3. The number of aliphatic carboxylic acids is 1. The summed E-state index contributed by atoms with van der Waals surface area (Å²) < 4.78 is 38.5. The van der Waals surface area contributed by atoms with Crippen LogP contribution in [0.2, 0.25) is 0 Å². The molecule has 1 amide bonds. The fourth-order valence-corrected chi connectivity index (χ4v) is 3.71. The van der Waals surface area contributed by atoms with Gasteiger partial charge in [0.1, 0.15) is 11.5 Å². The number of halogens is 4. The molecule has 0 saturated carbocycles. The van der Waals surface area contributed by atoms with Crippen LogP contribution in [0, 0.1) is 0 Å². The zero-order valence-corrected chi connectivity index (χ0v) is 20.1. The van der Waals surface area contributed by atoms with Gasteiger partial charge in [0.2, 0.25) is 5.91 Å². The normalized spacial score (nSPS) is 11.8. The van der Waals surface area contributed by atoms with Gasteiger partial charge in [-0.1, -0.05) is 0 Å². The number of hydrogen-bond donors (Lipinski definition) is 3. The number of alkyl halides is 3. The number of hydrogen-bond acceptors (Lipinski definition) is 6. The van der Waals surface area contributed by atoms with Gasteiger partial charge in [-0.3, -0.25) is 14.5 Å². The van der Waals surface area contributed by atoms with E-state index in [1.54, 1.807) is 23.2 Å². The first-order chi connectivity index (χ1) is 17.1. The lowest BCUT2D eigenvalue weighted by molar-refractivity contribution is -0.192. The summed E-state index contributed by atoms with van der Waals surface area (Å²) in [6.45, 7) is 0.884. The lowest BCUT2D eigenvalue weighted by atomic mass is 9.90. The Labute approximate surface area is 214 Å². The minimum absolute atomic E-state index is 0. The van der Waals surface area contributed by atoms with Crippen LogP contribution in [0.4, 0.5) is 13.2 Å². The highest BCUT2D eigenvalue weighted by molar-refractivity contribution is 5.90. The molecule has 3 N–H and O–H groups in total. The number of pyridine rings is 1. The molecular formula is C23H24ClF3N4O6. The molecule has 0 unspecified atom stereocenters. The number of nitrogens with zero attached hydrogens (tertiary/aromatic N) is 3. The van der Waals surface area contributed by atoms with Crippen molar-refractivity contribution in [1.29, 1.82) is 0 Å². The van der Waals surface area contributed by atoms with E-state index in [0.29, 0.717) is 38.8 Å². The summed E-state index contributed by atoms with van der Waals surface area (Å²) in [7, 11) is 0. The summed E-state index contributed by atoms with van der Waals surface area (Å²) in [5.41, 5.74) is 3.79. The van der Waals surface area contributed by atoms with Gasteiger partial charge in [0, 0.05) is 49.5 Å². The molecule has 0 aromatic carbocycles. The molecule has 0 saturated heterocycles. The van der Waals surface area contributed by atoms with Crippen LogP contribution in [-0.4, -0.2) is 55.5 Å². The SMILES string of the molecule is Cl.O=C(CCc1ccco1)NCCCn1nc2c(c1C(=O)O)CCc1cnccc1-2.O=C(O)C(F)(F)F. The first-order valence-corrected chi connectivity index (χ1v) is 10.9. The van der Waals surface area contributed by atoms with Gasteiger partial charge >= 0.3 is 18.1 Å². The molecule has 200 valence electrons. The van der Waals surface area contributed by atoms with Crippen molar-refractivity contribution in [2.24, 2.45) is 0 Å². The number of aromatic nitrogens is 3. The lowest BCUT2D eigenvalue weighted by Crippen LogP contribution is -2.26. The molecule has 0 radical (unpaired) electrons. The minimum atomic E-state index is -5.08. The number of rotatable bonds is 8. The van der Waals surface area contributed by atoms with Crippen LogP contribution in [0.3, 0.4) is 0 Å². The van der Waals surface area contributed by atoms with E-state index in [1.165, 1.54) is 0 Å². The van der Waals surface area contributed by atoms with Crippen LogP contribution in [0.1, 0.15) is 40.2 Å². The topological polar surface area (TPSA) is 148 Å². The highest BCUT2D eigenvalue weighted by Crippen LogP contribution is 2.34. The van der Waals surface area contributed by atoms with Gasteiger partial charge in [0.15, 0.2) is 0 Å². The minimum Gasteiger partial charge on any atom is -0.477 e. The second-order valence-corrected chi connectivity index (χ2v) is 7.82. The zero-order chi connectivity index (χ0) is 26.3. The van der Waals surface area contributed by atoms with Crippen molar-refractivity contribution in [3.8, 4) is 11.3 Å². The van der Waals surface area contributed by atoms with Gasteiger partial charge < -0.3 is 19.9 Å². The van der Waals surface area contributed by atoms with Crippen LogP contribution < -0.4 is 5.32 Å². The van der Waals surface area contributed by atoms with Crippen molar-refractivity contribution in [3.63, 3.8) is 0 Å². The molecule has 1 aliphatic rings. The molecule has 14 heteroatoms. The van der Waals surface area contributed by atoms with E-state index in [0.717, 1.165) is 34.6 Å². The largest absolute Gasteiger partial charge is 0.490 e. The van der Waals surface area contributed by atoms with E-state index in [1.807, 2.05) is 18.3 Å². The quantitative estimate of drug-likeness (QED) is 0.365. The van der Waals surface area contributed by atoms with Crippen LogP contribution >= 0.6 is 12.4 Å². The van der Waals surface area contributed by atoms with Crippen molar-refractivity contribution < 1.29 is 42.2 Å². The summed E-state index contributed by atoms with van der Waals surface area (Å²) in [6, 6.07) is 5.52. The number of fused-ring (bicyclic) bond motifs is 3. The van der Waals surface area contributed by atoms with Crippen molar-refractivity contribution in [2.75, 3.05) is 6.54 Å². The predicted molar refractivity (Wildman–Crippen MR) is 125 cm³/mol. The van der Waals surface area contributed by atoms with Crippen LogP contribution in [0.15, 0.2) is 41.3 Å². The Kier molecular flexibility index (Phi) is 10.2. The molecule has 3 aromatic heterocycles. The van der Waals surface area contributed by atoms with E-state index in [4.69, 9.17) is 14.3 Å². The monoisotopic (exact) mass is 544 g/mol. The third-order valence-corrected chi connectivity index (χ3v) is 5.35. The number of furan rings is 1. The molecule has 3 heterocycles. The van der Waals surface area contributed by atoms with Crippen LogP contribution in [0.25, 0.3) is 11.3 Å². The standard InChI is InChI=1S/C21H22N4O4.C2HF3O2.ClH/c26-18(7-5-15-3-1-12-29-15)23-9-2-11-25-20(21(27)28)17-6-4-14-13-22-10-8-16(14)19(17)24-25;3-2(4,5)1(6)7;/h1,3,8,10,12-13H,2,4-7,9,11H2,(H,23,26)(H,27,28);(H,6,7);1H. The molecule has 3 aromatic rings. The highest BCUT2D eigenvalue weighted by atomic mass is 35.5. The fraction of sp³-hybridized carbons (Fsp3) is 0.348. The molecule has 4 rings (SSSR count). The molecule has 37 heavy (non-hydrogen) atoms. The maximum Gasteiger partial charge on any atom is 0.490 e. The first-order valence-electron chi connectivity index (χ1n) is 10.9. The Morgan fingerprint density at radius 3 is 2.51 bits per heavy atom. The van der Waals surface area contributed by atoms with E-state index < -0.39 is 18.1 Å². The second-order valence-electron chi connectivity index (χ2n) is 7.82. The molecule has 0 atom stereocenters. The number of aryl methyl sites for hydroxylation is 3. The number of carboxylic acids is 2. The van der Waals surface area contributed by atoms with Gasteiger partial charge in [-0.25, -0.2) is 9.59 Å². The molecule has 0 spiro atoms. The van der Waals surface area contributed by atoms with Gasteiger partial charge in [-0.05, 0) is 43.0 Å². The Morgan fingerprint density at radius 1 is 1.16 bits per heavy atom. The summed E-state index contributed by atoms with van der Waals surface area (Å²) in [4.78, 5) is 36.8. The Bertz CT molecular complexity index is 1230. The molecule has 0 bridgehead atoms. The molecule has 1 aliphatic carbocycles. The van der Waals surface area contributed by atoms with Gasteiger partial charge in [0.05, 0.1) is 12.0 Å². The van der Waals surface area contributed by atoms with E-state index in [-0.39, 0.29) is 24.0 Å². The van der Waals surface area contributed by atoms with Gasteiger partial charge in [-0.15, -0.1) is 12.4 Å². The Morgan fingerprint density at radius 2 is 1.89 bits per heavy atom. The van der Waals surface area contributed by atoms with Gasteiger partial charge in [0.25, 0.3) is 0 Å². The Hall–Kier alpha value is -3.87. The van der Waals surface area contributed by atoms with Crippen molar-refractivity contribution >= 4 is 30.3 Å². The lowest BCUT2D eigenvalue weighted by Gasteiger charge is -2.14. The second kappa shape index (κ2) is 12.9. The number of carbonyl (C=O) groups is 3. The summed E-state index contributed by atoms with van der Waals surface area (Å²) in [6.07, 6.45) is 2.92. The predicted octanol–water partition coefficient (Wildman–Crippen LogP) is 3.53. The molecule has 10 nitrogen and oxygen atoms in total. The van der Waals surface area contributed by atoms with Crippen LogP contribution in [-0.2, 0) is 35.4 Å². The number of nitrogens with one attached hydrogen (secondary N) is 1. The third-order valence-electron chi connectivity index (χ3n) is 5.35. The van der Waals surface area contributed by atoms with E-state index >= 15 is 0 Å². The maximum absolute atomic E-state index is 11.9. The average molecular weight is 545 g/mol. The fourth-order valence-electron chi connectivity index (χ4n) is 3.71. The van der Waals surface area contributed by atoms with Crippen LogP contribution in [0.5, 0.6) is 0 Å². The molecule has 0 aliphatic heterocycles. The van der Waals surface area contributed by atoms with Gasteiger partial charge in [-0.2, -0.15) is 18.3 Å². The first kappa shape index (κ1) is 29.4. The van der Waals surface area contributed by atoms with Crippen molar-refractivity contribution in [1.82, 2.24) is 20.1 Å². The smallest absolute Gasteiger partial charge is 0.477 e. The van der Waals surface area contributed by atoms with Crippen molar-refractivity contribution in [2.45, 2.75) is 44.8 Å². The highest BCUT2D eigenvalue weighted by Gasteiger charge is 2.38. The average Bonchev–Trinajstić information content (AvgIpc) is 3.48. The van der Waals surface area contributed by atoms with Crippen molar-refractivity contribution in [3.05, 3.63) is 59.4 Å². The number of amides is 1. The number of aromatic carboxylic acids is 1. The summed E-state index contributed by atoms with van der Waals surface area (Å²) in [5.74, 6) is -3.00. The summed E-state index contributed by atoms with van der Waals surface area (Å²) in [5, 5.41) is 24.3. The number of carboxylic acid groups (broad SMARTS) is 2.